The van der Waals surface area contributed by atoms with Gasteiger partial charge in [0.2, 0.25) is 23.6 Å². The minimum atomic E-state index is -0.862. The van der Waals surface area contributed by atoms with Gasteiger partial charge in [0.15, 0.2) is 6.61 Å². The molecule has 3 aromatic carbocycles. The number of aromatic hydroxyl groups is 1. The number of methoxy groups -OCH3 is 1. The Kier molecular flexibility index (Phi) is 20.0. The molecule has 72 heavy (non-hydrogen) atoms. The zero-order valence-electron chi connectivity index (χ0n) is 42.2. The van der Waals surface area contributed by atoms with Crippen molar-refractivity contribution >= 4 is 58.2 Å². The van der Waals surface area contributed by atoms with E-state index in [-0.39, 0.29) is 66.7 Å². The number of aliphatic hydroxyl groups is 1. The molecular formula is C54H71N7O10S. The molecule has 0 bridgehead atoms. The monoisotopic (exact) mass is 1010 g/mol. The Balaban J connectivity index is 0.805. The summed E-state index contributed by atoms with van der Waals surface area (Å²) in [6.45, 7) is 10.3. The van der Waals surface area contributed by atoms with Crippen molar-refractivity contribution in [2.75, 3.05) is 56.7 Å². The van der Waals surface area contributed by atoms with Crippen molar-refractivity contribution in [2.45, 2.75) is 123 Å². The van der Waals surface area contributed by atoms with Gasteiger partial charge in [0.25, 0.3) is 5.91 Å². The van der Waals surface area contributed by atoms with Crippen LogP contribution in [0.1, 0.15) is 113 Å². The van der Waals surface area contributed by atoms with E-state index in [1.807, 2.05) is 74.5 Å². The molecule has 17 nitrogen and oxygen atoms in total. The number of hydrogen-bond donors (Lipinski definition) is 5. The Morgan fingerprint density at radius 2 is 1.49 bits per heavy atom. The Morgan fingerprint density at radius 1 is 0.833 bits per heavy atom. The highest BCUT2D eigenvalue weighted by atomic mass is 32.1. The van der Waals surface area contributed by atoms with E-state index >= 15 is 0 Å². The first-order valence-electron chi connectivity index (χ1n) is 25.0. The van der Waals surface area contributed by atoms with Crippen LogP contribution in [0.3, 0.4) is 0 Å². The van der Waals surface area contributed by atoms with Gasteiger partial charge in [-0.05, 0) is 78.8 Å². The number of phenols is 1. The van der Waals surface area contributed by atoms with Crippen molar-refractivity contribution in [3.8, 4) is 21.9 Å². The average Bonchev–Trinajstić information content (AvgIpc) is 3.99. The summed E-state index contributed by atoms with van der Waals surface area (Å²) < 4.78 is 10.3. The molecular weight excluding hydrogens is 939 g/mol. The second-order valence-electron chi connectivity index (χ2n) is 19.7. The van der Waals surface area contributed by atoms with E-state index in [2.05, 4.69) is 25.8 Å². The van der Waals surface area contributed by atoms with Crippen LogP contribution < -0.4 is 25.6 Å². The third kappa shape index (κ3) is 15.7. The molecule has 3 atom stereocenters. The highest BCUT2D eigenvalue weighted by molar-refractivity contribution is 7.13. The number of anilines is 2. The average molecular weight is 1010 g/mol. The highest BCUT2D eigenvalue weighted by Crippen LogP contribution is 2.30. The van der Waals surface area contributed by atoms with Crippen molar-refractivity contribution in [1.82, 2.24) is 25.4 Å². The van der Waals surface area contributed by atoms with Crippen LogP contribution in [0.5, 0.6) is 11.5 Å². The number of thiazole rings is 1. The molecule has 5 amide bonds. The van der Waals surface area contributed by atoms with Gasteiger partial charge in [0.05, 0.1) is 40.5 Å². The molecule has 2 aliphatic heterocycles. The van der Waals surface area contributed by atoms with E-state index in [0.29, 0.717) is 51.2 Å². The summed E-state index contributed by atoms with van der Waals surface area (Å²) in [5.74, 6) is -1.54. The Labute approximate surface area is 426 Å². The maximum atomic E-state index is 14.0. The molecule has 0 unspecified atom stereocenters. The number of ether oxygens (including phenoxy) is 2. The molecule has 2 fully saturated rings. The quantitative estimate of drug-likeness (QED) is 0.0289. The number of rotatable bonds is 23. The van der Waals surface area contributed by atoms with Crippen LogP contribution >= 0.6 is 11.3 Å². The number of aliphatic hydroxyl groups excluding tert-OH is 1. The molecule has 0 spiro atoms. The predicted molar refractivity (Wildman–Crippen MR) is 277 cm³/mol. The van der Waals surface area contributed by atoms with Crippen molar-refractivity contribution in [2.24, 2.45) is 5.41 Å². The maximum Gasteiger partial charge on any atom is 0.337 e. The van der Waals surface area contributed by atoms with Gasteiger partial charge >= 0.3 is 5.97 Å². The number of likely N-dealkylation sites (tertiary alicyclic amines) is 1. The Bertz CT molecular complexity index is 2470. The van der Waals surface area contributed by atoms with Crippen LogP contribution in [0.4, 0.5) is 11.4 Å². The van der Waals surface area contributed by atoms with Crippen LogP contribution in [-0.4, -0.2) is 125 Å². The first-order chi connectivity index (χ1) is 34.5. The van der Waals surface area contributed by atoms with Crippen molar-refractivity contribution in [1.29, 1.82) is 0 Å². The summed E-state index contributed by atoms with van der Waals surface area (Å²) in [5, 5.41) is 29.1. The lowest BCUT2D eigenvalue weighted by Crippen LogP contribution is -2.57. The lowest BCUT2D eigenvalue weighted by Gasteiger charge is -2.36. The lowest BCUT2D eigenvalue weighted by atomic mass is 9.85. The van der Waals surface area contributed by atoms with Gasteiger partial charge in [0, 0.05) is 64.2 Å². The maximum absolute atomic E-state index is 14.0. The van der Waals surface area contributed by atoms with Gasteiger partial charge in [-0.3, -0.25) is 24.0 Å². The molecule has 6 rings (SSSR count). The number of piperazine rings is 1. The number of phenolic OH excluding ortho intramolecular Hbond substituents is 1. The molecule has 18 heteroatoms. The SMILES string of the molecule is COC(=O)c1ccc(O)c(NC(=O)COc2ccc(N3CCN(C(=O)CCCCCCCCCCC(=O)N[C@H](C(=O)N4C[C@H](O)C[C@H]4C(=O)NCc4ccc(-c5scnc5C)cc4)C(C)(C)C)CC3)cc2)c1. The number of carbonyl (C=O) groups is 6. The fourth-order valence-corrected chi connectivity index (χ4v) is 9.79. The number of amides is 5. The number of β-amino-alcohol motifs (C(OH)–C–C–N with tert-alkyl or cyclic N) is 1. The lowest BCUT2D eigenvalue weighted by molar-refractivity contribution is -0.144. The second-order valence-corrected chi connectivity index (χ2v) is 20.5. The second kappa shape index (κ2) is 26.2. The first kappa shape index (κ1) is 54.8. The van der Waals surface area contributed by atoms with Gasteiger partial charge in [-0.25, -0.2) is 9.78 Å². The summed E-state index contributed by atoms with van der Waals surface area (Å²) in [6.07, 6.45) is 7.66. The van der Waals surface area contributed by atoms with Gasteiger partial charge in [-0.15, -0.1) is 11.3 Å². The number of esters is 1. The zero-order valence-corrected chi connectivity index (χ0v) is 43.1. The van der Waals surface area contributed by atoms with Gasteiger partial charge in [-0.2, -0.15) is 0 Å². The van der Waals surface area contributed by atoms with Crippen molar-refractivity contribution in [3.05, 3.63) is 89.1 Å². The van der Waals surface area contributed by atoms with Gasteiger partial charge in [0.1, 0.15) is 23.6 Å². The number of aromatic nitrogens is 1. The largest absolute Gasteiger partial charge is 0.506 e. The summed E-state index contributed by atoms with van der Waals surface area (Å²) in [4.78, 5) is 88.9. The third-order valence-electron chi connectivity index (χ3n) is 13.2. The summed E-state index contributed by atoms with van der Waals surface area (Å²) in [7, 11) is 1.25. The van der Waals surface area contributed by atoms with E-state index < -0.39 is 35.5 Å². The molecule has 2 saturated heterocycles. The molecule has 1 aromatic heterocycles. The van der Waals surface area contributed by atoms with Gasteiger partial charge in [-0.1, -0.05) is 83.6 Å². The third-order valence-corrected chi connectivity index (χ3v) is 14.1. The number of aryl methyl sites for hydroxylation is 1. The van der Waals surface area contributed by atoms with Crippen LogP contribution in [-0.2, 0) is 35.3 Å². The Hall–Kier alpha value is -6.53. The van der Waals surface area contributed by atoms with E-state index in [1.165, 1.54) is 30.2 Å². The number of unbranched alkanes of at least 4 members (excludes halogenated alkanes) is 7. The minimum Gasteiger partial charge on any atom is -0.506 e. The molecule has 2 aliphatic rings. The molecule has 0 aliphatic carbocycles. The first-order valence-corrected chi connectivity index (χ1v) is 25.9. The number of nitrogens with one attached hydrogen (secondary N) is 3. The topological polar surface area (TPSA) is 220 Å². The zero-order chi connectivity index (χ0) is 51.8. The smallest absolute Gasteiger partial charge is 0.337 e. The Morgan fingerprint density at radius 3 is 2.11 bits per heavy atom. The van der Waals surface area contributed by atoms with Crippen LogP contribution in [0.25, 0.3) is 10.4 Å². The van der Waals surface area contributed by atoms with E-state index in [0.717, 1.165) is 72.3 Å². The van der Waals surface area contributed by atoms with Crippen LogP contribution in [0.15, 0.2) is 72.2 Å². The van der Waals surface area contributed by atoms with Crippen LogP contribution in [0.2, 0.25) is 0 Å². The number of hydrogen-bond acceptors (Lipinski definition) is 13. The highest BCUT2D eigenvalue weighted by Gasteiger charge is 2.44. The summed E-state index contributed by atoms with van der Waals surface area (Å²) in [6, 6.07) is 17.6. The van der Waals surface area contributed by atoms with E-state index in [4.69, 9.17) is 9.47 Å². The fourth-order valence-electron chi connectivity index (χ4n) is 8.98. The molecule has 0 radical (unpaired) electrons. The molecule has 3 heterocycles. The summed E-state index contributed by atoms with van der Waals surface area (Å²) in [5.41, 5.74) is 5.37. The number of benzene rings is 3. The minimum absolute atomic E-state index is 0.0229. The van der Waals surface area contributed by atoms with Crippen molar-refractivity contribution < 1.29 is 48.5 Å². The number of carbonyl (C=O) groups excluding carboxylic acids is 6. The predicted octanol–water partition coefficient (Wildman–Crippen LogP) is 6.99. The molecule has 388 valence electrons. The molecule has 5 N–H and O–H groups in total. The van der Waals surface area contributed by atoms with Crippen LogP contribution in [0, 0.1) is 12.3 Å². The van der Waals surface area contributed by atoms with Gasteiger partial charge < -0.3 is 50.3 Å². The summed E-state index contributed by atoms with van der Waals surface area (Å²) >= 11 is 1.58. The van der Waals surface area contributed by atoms with Crippen molar-refractivity contribution in [3.63, 3.8) is 0 Å². The van der Waals surface area contributed by atoms with E-state index in [1.54, 1.807) is 23.5 Å². The molecule has 4 aromatic rings. The molecule has 0 saturated carbocycles. The number of nitrogens with zero attached hydrogens (tertiary/aromatic N) is 4. The normalized spacial score (nSPS) is 16.2. The standard InChI is InChI=1S/C54H71N7O10S/c1-36-49(72-35-56-36)38-18-16-37(17-19-38)32-55-51(67)44-31-41(62)33-61(44)52(68)50(54(2,3)4)58-46(64)14-12-10-8-6-7-9-11-13-15-48(66)60-28-26-59(27-29-60)40-21-23-42(24-22-40)71-34-47(65)57-43-30-39(53(69)70-5)20-25-45(43)63/h16-25,30,35,41,44,50,62-63H,6-15,26-29,31-34H2,1-5H3,(H,55,67)(H,57,65)(H,58,64)/t41-,44+,50-/m1/s1. The fraction of sp³-hybridized carbons (Fsp3) is 0.500. The van der Waals surface area contributed by atoms with E-state index in [9.17, 15) is 39.0 Å².